The van der Waals surface area contributed by atoms with Gasteiger partial charge in [0.2, 0.25) is 0 Å². The van der Waals surface area contributed by atoms with Crippen molar-refractivity contribution in [3.8, 4) is 11.1 Å². The molecule has 0 fully saturated rings. The third kappa shape index (κ3) is 5.28. The lowest BCUT2D eigenvalue weighted by molar-refractivity contribution is 0.298. The van der Waals surface area contributed by atoms with Crippen LogP contribution in [0.15, 0.2) is 54.6 Å². The monoisotopic (exact) mass is 296 g/mol. The largest absolute Gasteiger partial charge is 0.313 e. The van der Waals surface area contributed by atoms with Gasteiger partial charge in [-0.3, -0.25) is 0 Å². The Morgan fingerprint density at radius 1 is 0.818 bits per heavy atom. The summed E-state index contributed by atoms with van der Waals surface area (Å²) in [4.78, 5) is 2.47. The highest BCUT2D eigenvalue weighted by molar-refractivity contribution is 5.63. The van der Waals surface area contributed by atoms with Gasteiger partial charge in [-0.15, -0.1) is 0 Å². The molecule has 0 aliphatic heterocycles. The molecule has 1 N–H and O–H groups in total. The molecule has 0 aromatic heterocycles. The molecule has 0 unspecified atom stereocenters. The van der Waals surface area contributed by atoms with Gasteiger partial charge >= 0.3 is 0 Å². The molecule has 2 rings (SSSR count). The second kappa shape index (κ2) is 9.39. The van der Waals surface area contributed by atoms with Crippen molar-refractivity contribution in [1.29, 1.82) is 0 Å². The average molecular weight is 296 g/mol. The van der Waals surface area contributed by atoms with Gasteiger partial charge < -0.3 is 10.2 Å². The van der Waals surface area contributed by atoms with Crippen LogP contribution in [-0.4, -0.2) is 31.1 Å². The molecule has 2 aromatic rings. The number of nitrogens with one attached hydrogen (secondary N) is 1. The summed E-state index contributed by atoms with van der Waals surface area (Å²) in [5.41, 5.74) is 3.91. The Hall–Kier alpha value is -1.64. The lowest BCUT2D eigenvalue weighted by Crippen LogP contribution is -2.27. The van der Waals surface area contributed by atoms with E-state index in [1.807, 2.05) is 0 Å². The highest BCUT2D eigenvalue weighted by Gasteiger charge is 1.99. The van der Waals surface area contributed by atoms with Gasteiger partial charge in [0, 0.05) is 6.54 Å². The van der Waals surface area contributed by atoms with Crippen molar-refractivity contribution in [2.45, 2.75) is 26.8 Å². The standard InChI is InChI=1S/C20H28N2/c1-3-22(4-2)16-8-15-21-17-18-11-13-20(14-12-18)19-9-6-5-7-10-19/h5-7,9-14,21H,3-4,8,15-17H2,1-2H3. The zero-order valence-electron chi connectivity index (χ0n) is 13.9. The van der Waals surface area contributed by atoms with Crippen LogP contribution >= 0.6 is 0 Å². The molecule has 0 saturated heterocycles. The zero-order valence-corrected chi connectivity index (χ0v) is 13.9. The second-order valence-electron chi connectivity index (χ2n) is 5.62. The van der Waals surface area contributed by atoms with Crippen LogP contribution in [0, 0.1) is 0 Å². The van der Waals surface area contributed by atoms with E-state index in [2.05, 4.69) is 78.7 Å². The SMILES string of the molecule is CCN(CC)CCCNCc1ccc(-c2ccccc2)cc1. The summed E-state index contributed by atoms with van der Waals surface area (Å²) in [5, 5.41) is 3.54. The molecule has 0 spiro atoms. The van der Waals surface area contributed by atoms with Crippen LogP contribution in [0.1, 0.15) is 25.8 Å². The first-order valence-electron chi connectivity index (χ1n) is 8.41. The quantitative estimate of drug-likeness (QED) is 0.699. The number of hydrogen-bond acceptors (Lipinski definition) is 2. The second-order valence-corrected chi connectivity index (χ2v) is 5.62. The Morgan fingerprint density at radius 3 is 2.09 bits per heavy atom. The Bertz CT molecular complexity index is 515. The summed E-state index contributed by atoms with van der Waals surface area (Å²) in [6.45, 7) is 9.97. The van der Waals surface area contributed by atoms with Gasteiger partial charge in [-0.25, -0.2) is 0 Å². The first kappa shape index (κ1) is 16.7. The van der Waals surface area contributed by atoms with Crippen LogP contribution < -0.4 is 5.32 Å². The van der Waals surface area contributed by atoms with E-state index in [9.17, 15) is 0 Å². The first-order valence-corrected chi connectivity index (χ1v) is 8.41. The van der Waals surface area contributed by atoms with Crippen LogP contribution in [0.25, 0.3) is 11.1 Å². The van der Waals surface area contributed by atoms with Gasteiger partial charge in [0.05, 0.1) is 0 Å². The molecule has 2 nitrogen and oxygen atoms in total. The van der Waals surface area contributed by atoms with E-state index in [1.165, 1.54) is 29.7 Å². The third-order valence-electron chi connectivity index (χ3n) is 4.11. The molecule has 0 aliphatic carbocycles. The van der Waals surface area contributed by atoms with E-state index in [1.54, 1.807) is 0 Å². The predicted molar refractivity (Wildman–Crippen MR) is 96.0 cm³/mol. The molecule has 0 aliphatic rings. The maximum absolute atomic E-state index is 3.54. The molecule has 118 valence electrons. The fourth-order valence-corrected chi connectivity index (χ4v) is 2.65. The van der Waals surface area contributed by atoms with E-state index in [4.69, 9.17) is 0 Å². The Morgan fingerprint density at radius 2 is 1.45 bits per heavy atom. The van der Waals surface area contributed by atoms with E-state index >= 15 is 0 Å². The average Bonchev–Trinajstić information content (AvgIpc) is 2.59. The molecule has 0 saturated carbocycles. The number of hydrogen-bond donors (Lipinski definition) is 1. The highest BCUT2D eigenvalue weighted by Crippen LogP contribution is 2.19. The minimum Gasteiger partial charge on any atom is -0.313 e. The fourth-order valence-electron chi connectivity index (χ4n) is 2.65. The maximum atomic E-state index is 3.54. The van der Waals surface area contributed by atoms with Gasteiger partial charge in [0.15, 0.2) is 0 Å². The summed E-state index contributed by atoms with van der Waals surface area (Å²) in [5.74, 6) is 0. The van der Waals surface area contributed by atoms with Crippen molar-refractivity contribution in [2.75, 3.05) is 26.2 Å². The molecule has 22 heavy (non-hydrogen) atoms. The topological polar surface area (TPSA) is 15.3 Å². The third-order valence-corrected chi connectivity index (χ3v) is 4.11. The van der Waals surface area contributed by atoms with Crippen molar-refractivity contribution in [2.24, 2.45) is 0 Å². The van der Waals surface area contributed by atoms with Crippen LogP contribution in [0.5, 0.6) is 0 Å². The fraction of sp³-hybridized carbons (Fsp3) is 0.400. The predicted octanol–water partition coefficient (Wildman–Crippen LogP) is 4.18. The summed E-state index contributed by atoms with van der Waals surface area (Å²) < 4.78 is 0. The van der Waals surface area contributed by atoms with Crippen molar-refractivity contribution in [1.82, 2.24) is 10.2 Å². The minimum atomic E-state index is 0.952. The lowest BCUT2D eigenvalue weighted by Gasteiger charge is -2.17. The van der Waals surface area contributed by atoms with E-state index in [0.717, 1.165) is 26.2 Å². The molecule has 0 bridgehead atoms. The zero-order chi connectivity index (χ0) is 15.6. The molecule has 0 atom stereocenters. The Kier molecular flexibility index (Phi) is 7.14. The summed E-state index contributed by atoms with van der Waals surface area (Å²) >= 11 is 0. The molecule has 0 amide bonds. The van der Waals surface area contributed by atoms with Crippen LogP contribution in [0.2, 0.25) is 0 Å². The van der Waals surface area contributed by atoms with Gasteiger partial charge in [-0.1, -0.05) is 68.4 Å². The Balaban J connectivity index is 1.73. The van der Waals surface area contributed by atoms with Crippen molar-refractivity contribution < 1.29 is 0 Å². The van der Waals surface area contributed by atoms with E-state index < -0.39 is 0 Å². The number of rotatable bonds is 9. The first-order chi connectivity index (χ1) is 10.8. The van der Waals surface area contributed by atoms with Crippen LogP contribution in [0.3, 0.4) is 0 Å². The van der Waals surface area contributed by atoms with Gasteiger partial charge in [-0.2, -0.15) is 0 Å². The van der Waals surface area contributed by atoms with E-state index in [-0.39, 0.29) is 0 Å². The lowest BCUT2D eigenvalue weighted by atomic mass is 10.0. The molecule has 2 heteroatoms. The molecule has 0 radical (unpaired) electrons. The molecule has 0 heterocycles. The number of benzene rings is 2. The summed E-state index contributed by atoms with van der Waals surface area (Å²) in [6.07, 6.45) is 1.21. The van der Waals surface area contributed by atoms with Crippen LogP contribution in [0.4, 0.5) is 0 Å². The van der Waals surface area contributed by atoms with E-state index in [0.29, 0.717) is 0 Å². The molecular formula is C20H28N2. The van der Waals surface area contributed by atoms with Crippen molar-refractivity contribution in [3.05, 3.63) is 60.2 Å². The van der Waals surface area contributed by atoms with Crippen molar-refractivity contribution in [3.63, 3.8) is 0 Å². The Labute approximate surface area is 135 Å². The van der Waals surface area contributed by atoms with Gasteiger partial charge in [-0.05, 0) is 49.3 Å². The normalized spacial score (nSPS) is 11.0. The maximum Gasteiger partial charge on any atom is 0.0205 e. The summed E-state index contributed by atoms with van der Waals surface area (Å²) in [7, 11) is 0. The highest BCUT2D eigenvalue weighted by atomic mass is 15.1. The minimum absolute atomic E-state index is 0.952. The van der Waals surface area contributed by atoms with Gasteiger partial charge in [0.1, 0.15) is 0 Å². The van der Waals surface area contributed by atoms with Crippen LogP contribution in [-0.2, 0) is 6.54 Å². The number of nitrogens with zero attached hydrogens (tertiary/aromatic N) is 1. The summed E-state index contributed by atoms with van der Waals surface area (Å²) in [6, 6.07) is 19.4. The molecular weight excluding hydrogens is 268 g/mol. The van der Waals surface area contributed by atoms with Gasteiger partial charge in [0.25, 0.3) is 0 Å². The smallest absolute Gasteiger partial charge is 0.0205 e. The molecule has 2 aromatic carbocycles. The van der Waals surface area contributed by atoms with Crippen molar-refractivity contribution >= 4 is 0 Å².